The molecule has 3 aromatic heterocycles. The van der Waals surface area contributed by atoms with E-state index < -0.39 is 11.4 Å². The first kappa shape index (κ1) is 28.5. The molecule has 0 aliphatic heterocycles. The number of nitrogens with one attached hydrogen (secondary N) is 1. The van der Waals surface area contributed by atoms with Crippen LogP contribution in [-0.2, 0) is 17.6 Å². The molecule has 2 aliphatic carbocycles. The van der Waals surface area contributed by atoms with E-state index in [1.807, 2.05) is 58.5 Å². The number of rotatable bonds is 9. The van der Waals surface area contributed by atoms with Gasteiger partial charge in [-0.2, -0.15) is 5.10 Å². The Morgan fingerprint density at radius 3 is 2.43 bits per heavy atom. The summed E-state index contributed by atoms with van der Waals surface area (Å²) in [7, 11) is 0. The molecule has 3 heterocycles. The molecule has 0 unspecified atom stereocenters. The Balaban J connectivity index is 1.18. The predicted molar refractivity (Wildman–Crippen MR) is 166 cm³/mol. The number of fused-ring (bicyclic) bond motifs is 1. The molecule has 0 amide bonds. The van der Waals surface area contributed by atoms with Gasteiger partial charge in [-0.1, -0.05) is 67.0 Å². The monoisotopic (exact) mass is 595 g/mol. The lowest BCUT2D eigenvalue weighted by atomic mass is 9.92. The second kappa shape index (κ2) is 11.3. The van der Waals surface area contributed by atoms with Gasteiger partial charge in [0.15, 0.2) is 5.82 Å². The molecule has 7 rings (SSSR count). The fourth-order valence-corrected chi connectivity index (χ4v) is 6.69. The minimum Gasteiger partial charge on any atom is -0.387 e. The molecule has 2 aliphatic rings. The number of aromatic nitrogens is 5. The number of ether oxygens (including phenoxy) is 1. The van der Waals surface area contributed by atoms with Crippen LogP contribution in [0.5, 0.6) is 0 Å². The van der Waals surface area contributed by atoms with Crippen molar-refractivity contribution < 1.29 is 14.4 Å². The van der Waals surface area contributed by atoms with Crippen LogP contribution in [0.4, 0.5) is 0 Å². The smallest absolute Gasteiger partial charge is 0.387 e. The van der Waals surface area contributed by atoms with E-state index in [0.29, 0.717) is 18.7 Å². The molecule has 0 radical (unpaired) electrons. The summed E-state index contributed by atoms with van der Waals surface area (Å²) in [5, 5.41) is 18.7. The molecular weight excluding hydrogens is 558 g/mol. The number of hydrogen-bond donors (Lipinski definition) is 2. The number of nitrogens with zero attached hydrogens (tertiary/aromatic N) is 4. The van der Waals surface area contributed by atoms with Crippen LogP contribution in [0.15, 0.2) is 74.9 Å². The van der Waals surface area contributed by atoms with Crippen LogP contribution < -0.4 is 11.3 Å². The fourth-order valence-electron chi connectivity index (χ4n) is 6.69. The highest BCUT2D eigenvalue weighted by Crippen LogP contribution is 2.41. The summed E-state index contributed by atoms with van der Waals surface area (Å²) in [6.07, 6.45) is 8.10. The SMILES string of the molecule is CCCc1c(Cc2ccc(-c3ccccc3-c3noc(=O)[nH]3)cc2)c(=O)n([C@H]2CC[C@H](O[C@@H]3C[C@@]3(C)O)CC2)c2ccnn12. The largest absolute Gasteiger partial charge is 0.439 e. The molecule has 228 valence electrons. The number of benzene rings is 2. The zero-order valence-corrected chi connectivity index (χ0v) is 25.0. The zero-order chi connectivity index (χ0) is 30.4. The maximum atomic E-state index is 14.3. The van der Waals surface area contributed by atoms with E-state index in [0.717, 1.165) is 77.7 Å². The summed E-state index contributed by atoms with van der Waals surface area (Å²) in [4.78, 5) is 28.5. The minimum absolute atomic E-state index is 0.0559. The van der Waals surface area contributed by atoms with Crippen LogP contribution in [0.2, 0.25) is 0 Å². The molecule has 10 nitrogen and oxygen atoms in total. The molecule has 10 heteroatoms. The number of aryl methyl sites for hydroxylation is 1. The summed E-state index contributed by atoms with van der Waals surface area (Å²) in [6.45, 7) is 3.95. The van der Waals surface area contributed by atoms with Crippen LogP contribution in [0.25, 0.3) is 28.2 Å². The van der Waals surface area contributed by atoms with Crippen LogP contribution in [0.1, 0.15) is 75.2 Å². The lowest BCUT2D eigenvalue weighted by Crippen LogP contribution is -2.35. The van der Waals surface area contributed by atoms with Gasteiger partial charge in [-0.05, 0) is 55.7 Å². The summed E-state index contributed by atoms with van der Waals surface area (Å²) in [6, 6.07) is 17.9. The first-order chi connectivity index (χ1) is 21.3. The summed E-state index contributed by atoms with van der Waals surface area (Å²) >= 11 is 0. The Kier molecular flexibility index (Phi) is 7.34. The van der Waals surface area contributed by atoms with Crippen molar-refractivity contribution >= 4 is 5.65 Å². The van der Waals surface area contributed by atoms with Crippen molar-refractivity contribution in [3.05, 3.63) is 98.5 Å². The number of H-pyrrole nitrogens is 1. The molecule has 5 aromatic rings. The zero-order valence-electron chi connectivity index (χ0n) is 25.0. The number of hydrogen-bond acceptors (Lipinski definition) is 7. The van der Waals surface area contributed by atoms with Gasteiger partial charge in [-0.25, -0.2) is 9.31 Å². The van der Waals surface area contributed by atoms with Crippen molar-refractivity contribution in [1.29, 1.82) is 0 Å². The van der Waals surface area contributed by atoms with Crippen molar-refractivity contribution in [3.63, 3.8) is 0 Å². The molecule has 2 fully saturated rings. The Bertz CT molecular complexity index is 1910. The quantitative estimate of drug-likeness (QED) is 0.243. The lowest BCUT2D eigenvalue weighted by Gasteiger charge is -2.31. The van der Waals surface area contributed by atoms with Gasteiger partial charge in [0.05, 0.1) is 29.7 Å². The summed E-state index contributed by atoms with van der Waals surface area (Å²) in [5.41, 5.74) is 5.63. The summed E-state index contributed by atoms with van der Waals surface area (Å²) < 4.78 is 14.8. The van der Waals surface area contributed by atoms with Gasteiger partial charge in [-0.15, -0.1) is 0 Å². The Morgan fingerprint density at radius 2 is 1.77 bits per heavy atom. The van der Waals surface area contributed by atoms with Crippen molar-refractivity contribution in [2.75, 3.05) is 0 Å². The van der Waals surface area contributed by atoms with E-state index in [2.05, 4.69) is 34.3 Å². The Morgan fingerprint density at radius 1 is 1.05 bits per heavy atom. The Labute approximate surface area is 254 Å². The van der Waals surface area contributed by atoms with Gasteiger partial charge < -0.3 is 9.84 Å². The maximum absolute atomic E-state index is 14.3. The van der Waals surface area contributed by atoms with Gasteiger partial charge in [0.1, 0.15) is 5.65 Å². The maximum Gasteiger partial charge on any atom is 0.439 e. The first-order valence-corrected chi connectivity index (χ1v) is 15.5. The van der Waals surface area contributed by atoms with Gasteiger partial charge >= 0.3 is 5.76 Å². The molecule has 2 atom stereocenters. The van der Waals surface area contributed by atoms with Crippen LogP contribution in [0.3, 0.4) is 0 Å². The lowest BCUT2D eigenvalue weighted by molar-refractivity contribution is -0.0273. The second-order valence-corrected chi connectivity index (χ2v) is 12.4. The minimum atomic E-state index is -0.694. The molecule has 2 N–H and O–H groups in total. The molecule has 0 bridgehead atoms. The topological polar surface area (TPSA) is 128 Å². The van der Waals surface area contributed by atoms with E-state index in [4.69, 9.17) is 9.26 Å². The van der Waals surface area contributed by atoms with Gasteiger partial charge in [0.2, 0.25) is 0 Å². The van der Waals surface area contributed by atoms with Crippen LogP contribution in [0, 0.1) is 0 Å². The molecule has 0 saturated heterocycles. The van der Waals surface area contributed by atoms with Crippen molar-refractivity contribution in [3.8, 4) is 22.5 Å². The third-order valence-electron chi connectivity index (χ3n) is 9.20. The highest BCUT2D eigenvalue weighted by Gasteiger charge is 2.51. The number of aromatic amines is 1. The highest BCUT2D eigenvalue weighted by atomic mass is 16.5. The third kappa shape index (κ3) is 5.33. The van der Waals surface area contributed by atoms with Gasteiger partial charge in [-0.3, -0.25) is 18.9 Å². The molecule has 2 aromatic carbocycles. The molecule has 0 spiro atoms. The van der Waals surface area contributed by atoms with Crippen molar-refractivity contribution in [2.24, 2.45) is 0 Å². The fraction of sp³-hybridized carbons (Fsp3) is 0.412. The summed E-state index contributed by atoms with van der Waals surface area (Å²) in [5.74, 6) is -0.214. The average Bonchev–Trinajstić information content (AvgIpc) is 3.37. The predicted octanol–water partition coefficient (Wildman–Crippen LogP) is 5.07. The van der Waals surface area contributed by atoms with E-state index in [1.165, 1.54) is 0 Å². The van der Waals surface area contributed by atoms with E-state index in [9.17, 15) is 14.7 Å². The number of aliphatic hydroxyl groups is 1. The molecule has 2 saturated carbocycles. The van der Waals surface area contributed by atoms with Gasteiger partial charge in [0.25, 0.3) is 5.56 Å². The van der Waals surface area contributed by atoms with E-state index in [1.54, 1.807) is 6.20 Å². The second-order valence-electron chi connectivity index (χ2n) is 12.4. The Hall–Kier alpha value is -4.28. The standard InChI is InChI=1S/C34H37N5O5/c1-3-6-28-27(19-21-9-11-22(12-10-21)25-7-4-5-8-26(25)31-36-33(41)44-37-31)32(40)38(30-17-18-35-39(28)30)23-13-15-24(16-14-23)43-29-20-34(29,2)42/h4-5,7-12,17-18,23-24,29,42H,3,6,13-16,19-20H2,1-2H3,(H,36,37,41)/t23-,24-,29-,34-/m1/s1. The van der Waals surface area contributed by atoms with Gasteiger partial charge in [0, 0.05) is 36.1 Å². The highest BCUT2D eigenvalue weighted by molar-refractivity contribution is 5.80. The van der Waals surface area contributed by atoms with E-state index >= 15 is 0 Å². The third-order valence-corrected chi connectivity index (χ3v) is 9.20. The van der Waals surface area contributed by atoms with Crippen LogP contribution in [-0.4, -0.2) is 47.2 Å². The van der Waals surface area contributed by atoms with Crippen molar-refractivity contribution in [2.45, 2.75) is 89.1 Å². The first-order valence-electron chi connectivity index (χ1n) is 15.5. The molecular formula is C34H37N5O5. The van der Waals surface area contributed by atoms with Crippen molar-refractivity contribution in [1.82, 2.24) is 24.3 Å². The normalized spacial score (nSPS) is 23.3. The van der Waals surface area contributed by atoms with Crippen LogP contribution >= 0.6 is 0 Å². The van der Waals surface area contributed by atoms with E-state index in [-0.39, 0.29) is 23.8 Å². The molecule has 44 heavy (non-hydrogen) atoms. The average molecular weight is 596 g/mol.